The molecule has 30 heavy (non-hydrogen) atoms. The molecule has 3 rings (SSSR count). The number of halogens is 2. The van der Waals surface area contributed by atoms with Gasteiger partial charge in [0.1, 0.15) is 5.82 Å². The summed E-state index contributed by atoms with van der Waals surface area (Å²) in [5, 5.41) is 3.02. The second-order valence-corrected chi connectivity index (χ2v) is 10.3. The van der Waals surface area contributed by atoms with E-state index in [0.29, 0.717) is 24.9 Å². The summed E-state index contributed by atoms with van der Waals surface area (Å²) < 4.78 is 27.4. The Morgan fingerprint density at radius 3 is 2.73 bits per heavy atom. The third-order valence-corrected chi connectivity index (χ3v) is 6.18. The SMILES string of the molecule is CCSC1=CC(N2CCc3cc(F)ccc3C2)=CC(=CF)C1NC(=O)CC(C)(C)C. The van der Waals surface area contributed by atoms with Crippen LogP contribution in [0, 0.1) is 11.2 Å². The van der Waals surface area contributed by atoms with Crippen LogP contribution in [-0.2, 0) is 17.8 Å². The lowest BCUT2D eigenvalue weighted by Gasteiger charge is -2.35. The van der Waals surface area contributed by atoms with Gasteiger partial charge in [-0.05, 0) is 53.0 Å². The highest BCUT2D eigenvalue weighted by Crippen LogP contribution is 2.34. The minimum absolute atomic E-state index is 0.0831. The molecule has 1 atom stereocenters. The van der Waals surface area contributed by atoms with Gasteiger partial charge in [0.2, 0.25) is 5.91 Å². The summed E-state index contributed by atoms with van der Waals surface area (Å²) in [5.74, 6) is 0.532. The molecule has 0 aromatic heterocycles. The van der Waals surface area contributed by atoms with Gasteiger partial charge in [0, 0.05) is 35.7 Å². The van der Waals surface area contributed by atoms with Crippen LogP contribution in [0.3, 0.4) is 0 Å². The van der Waals surface area contributed by atoms with Crippen LogP contribution < -0.4 is 5.32 Å². The minimum Gasteiger partial charge on any atom is -0.367 e. The van der Waals surface area contributed by atoms with E-state index in [-0.39, 0.29) is 17.1 Å². The molecule has 1 aromatic carbocycles. The molecule has 1 N–H and O–H groups in total. The number of carbonyl (C=O) groups excluding carboxylic acids is 1. The molecule has 1 aliphatic carbocycles. The predicted molar refractivity (Wildman–Crippen MR) is 120 cm³/mol. The average molecular weight is 433 g/mol. The summed E-state index contributed by atoms with van der Waals surface area (Å²) >= 11 is 1.62. The van der Waals surface area contributed by atoms with E-state index in [1.807, 2.05) is 39.8 Å². The quantitative estimate of drug-likeness (QED) is 0.667. The maximum absolute atomic E-state index is 13.9. The fraction of sp³-hybridized carbons (Fsp3) is 0.458. The Balaban J connectivity index is 1.83. The van der Waals surface area contributed by atoms with Crippen molar-refractivity contribution in [2.45, 2.75) is 53.1 Å². The topological polar surface area (TPSA) is 32.3 Å². The molecule has 3 nitrogen and oxygen atoms in total. The number of thioether (sulfide) groups is 1. The number of rotatable bonds is 5. The number of nitrogens with zero attached hydrogens (tertiary/aromatic N) is 1. The summed E-state index contributed by atoms with van der Waals surface area (Å²) in [7, 11) is 0. The summed E-state index contributed by atoms with van der Waals surface area (Å²) in [6, 6.07) is 4.45. The molecule has 0 radical (unpaired) electrons. The molecule has 1 amide bonds. The van der Waals surface area contributed by atoms with Gasteiger partial charge >= 0.3 is 0 Å². The van der Waals surface area contributed by atoms with E-state index in [2.05, 4.69) is 16.3 Å². The van der Waals surface area contributed by atoms with Crippen LogP contribution in [0.4, 0.5) is 8.78 Å². The lowest BCUT2D eigenvalue weighted by molar-refractivity contribution is -0.123. The third-order valence-electron chi connectivity index (χ3n) is 5.20. The van der Waals surface area contributed by atoms with Gasteiger partial charge in [-0.3, -0.25) is 4.79 Å². The first-order valence-electron chi connectivity index (χ1n) is 10.4. The van der Waals surface area contributed by atoms with Crippen molar-refractivity contribution in [1.82, 2.24) is 10.2 Å². The van der Waals surface area contributed by atoms with E-state index in [1.54, 1.807) is 17.8 Å². The van der Waals surface area contributed by atoms with Gasteiger partial charge in [-0.25, -0.2) is 8.78 Å². The van der Waals surface area contributed by atoms with Crippen molar-refractivity contribution < 1.29 is 13.6 Å². The molecule has 0 saturated carbocycles. The van der Waals surface area contributed by atoms with Crippen LogP contribution in [0.1, 0.15) is 45.2 Å². The number of fused-ring (bicyclic) bond motifs is 1. The zero-order valence-corrected chi connectivity index (χ0v) is 18.9. The van der Waals surface area contributed by atoms with Crippen LogP contribution in [0.25, 0.3) is 0 Å². The molecule has 1 heterocycles. The number of allylic oxidation sites excluding steroid dienone is 1. The summed E-state index contributed by atoms with van der Waals surface area (Å²) in [5.41, 5.74) is 3.36. The van der Waals surface area contributed by atoms with Crippen molar-refractivity contribution in [3.8, 4) is 0 Å². The van der Waals surface area contributed by atoms with Crippen LogP contribution >= 0.6 is 11.8 Å². The fourth-order valence-corrected chi connectivity index (χ4v) is 4.75. The zero-order chi connectivity index (χ0) is 21.9. The van der Waals surface area contributed by atoms with Crippen molar-refractivity contribution in [3.05, 3.63) is 69.8 Å². The highest BCUT2D eigenvalue weighted by molar-refractivity contribution is 8.03. The van der Waals surface area contributed by atoms with Gasteiger partial charge in [-0.2, -0.15) is 0 Å². The Labute approximate surface area is 182 Å². The highest BCUT2D eigenvalue weighted by Gasteiger charge is 2.29. The van der Waals surface area contributed by atoms with E-state index in [4.69, 9.17) is 0 Å². The van der Waals surface area contributed by atoms with E-state index < -0.39 is 6.04 Å². The molecule has 6 heteroatoms. The van der Waals surface area contributed by atoms with Crippen LogP contribution in [0.2, 0.25) is 0 Å². The maximum atomic E-state index is 13.9. The Morgan fingerprint density at radius 1 is 1.30 bits per heavy atom. The summed E-state index contributed by atoms with van der Waals surface area (Å²) in [6.45, 7) is 9.47. The molecule has 0 bridgehead atoms. The Morgan fingerprint density at radius 2 is 2.07 bits per heavy atom. The normalized spacial score (nSPS) is 20.5. The number of nitrogens with one attached hydrogen (secondary N) is 1. The molecule has 1 unspecified atom stereocenters. The fourth-order valence-electron chi connectivity index (χ4n) is 3.85. The Bertz CT molecular complexity index is 899. The second-order valence-electron chi connectivity index (χ2n) is 8.98. The predicted octanol–water partition coefficient (Wildman–Crippen LogP) is 5.49. The Hall–Kier alpha value is -2.08. The maximum Gasteiger partial charge on any atom is 0.221 e. The van der Waals surface area contributed by atoms with Gasteiger partial charge in [-0.15, -0.1) is 11.8 Å². The monoisotopic (exact) mass is 432 g/mol. The van der Waals surface area contributed by atoms with Crippen LogP contribution in [-0.4, -0.2) is 29.1 Å². The van der Waals surface area contributed by atoms with Crippen molar-refractivity contribution >= 4 is 17.7 Å². The van der Waals surface area contributed by atoms with E-state index in [1.165, 1.54) is 6.07 Å². The molecular weight excluding hydrogens is 402 g/mol. The molecule has 1 aromatic rings. The first-order valence-corrected chi connectivity index (χ1v) is 11.4. The van der Waals surface area contributed by atoms with Gasteiger partial charge in [0.15, 0.2) is 0 Å². The minimum atomic E-state index is -0.468. The molecule has 0 spiro atoms. The van der Waals surface area contributed by atoms with Crippen molar-refractivity contribution in [3.63, 3.8) is 0 Å². The molecule has 2 aliphatic rings. The van der Waals surface area contributed by atoms with Gasteiger partial charge in [0.25, 0.3) is 0 Å². The number of hydrogen-bond acceptors (Lipinski definition) is 3. The van der Waals surface area contributed by atoms with E-state index >= 15 is 0 Å². The average Bonchev–Trinajstić information content (AvgIpc) is 2.67. The van der Waals surface area contributed by atoms with Crippen molar-refractivity contribution in [2.24, 2.45) is 5.41 Å². The Kier molecular flexibility index (Phi) is 7.06. The summed E-state index contributed by atoms with van der Waals surface area (Å²) in [6.07, 6.45) is 5.59. The molecule has 1 aliphatic heterocycles. The smallest absolute Gasteiger partial charge is 0.221 e. The third kappa shape index (κ3) is 5.54. The van der Waals surface area contributed by atoms with Crippen molar-refractivity contribution in [2.75, 3.05) is 12.3 Å². The van der Waals surface area contributed by atoms with Crippen LogP contribution in [0.15, 0.2) is 52.9 Å². The summed E-state index contributed by atoms with van der Waals surface area (Å²) in [4.78, 5) is 15.7. The largest absolute Gasteiger partial charge is 0.367 e. The van der Waals surface area contributed by atoms with E-state index in [0.717, 1.165) is 40.4 Å². The number of amides is 1. The lowest BCUT2D eigenvalue weighted by Crippen LogP contribution is -2.40. The zero-order valence-electron chi connectivity index (χ0n) is 18.1. The second kappa shape index (κ2) is 9.38. The van der Waals surface area contributed by atoms with E-state index in [9.17, 15) is 13.6 Å². The molecule has 0 saturated heterocycles. The van der Waals surface area contributed by atoms with Gasteiger partial charge < -0.3 is 10.2 Å². The number of carbonyl (C=O) groups is 1. The van der Waals surface area contributed by atoms with Crippen LogP contribution in [0.5, 0.6) is 0 Å². The van der Waals surface area contributed by atoms with Gasteiger partial charge in [-0.1, -0.05) is 33.8 Å². The molecule has 0 fully saturated rings. The van der Waals surface area contributed by atoms with Gasteiger partial charge in [0.05, 0.1) is 12.4 Å². The molecule has 162 valence electrons. The standard InChI is InChI=1S/C24H30F2N2OS/c1-5-30-21-12-20(28-9-8-16-10-19(26)7-6-17(16)15-28)11-18(14-25)23(21)27-22(29)13-24(2,3)4/h6-7,10-12,14,23H,5,8-9,13,15H2,1-4H3,(H,27,29). The first-order chi connectivity index (χ1) is 14.2. The molecular formula is C24H30F2N2OS. The number of hydrogen-bond donors (Lipinski definition) is 1. The first kappa shape index (κ1) is 22.6. The van der Waals surface area contributed by atoms with Crippen molar-refractivity contribution in [1.29, 1.82) is 0 Å². The lowest BCUT2D eigenvalue weighted by atomic mass is 9.91. The number of benzene rings is 1. The highest BCUT2D eigenvalue weighted by atomic mass is 32.2.